The van der Waals surface area contributed by atoms with Crippen molar-refractivity contribution < 1.29 is 19.1 Å². The van der Waals surface area contributed by atoms with Crippen molar-refractivity contribution in [2.24, 2.45) is 0 Å². The predicted molar refractivity (Wildman–Crippen MR) is 106 cm³/mol. The molecular weight excluding hydrogens is 414 g/mol. The quantitative estimate of drug-likeness (QED) is 0.700. The Morgan fingerprint density at radius 2 is 1.78 bits per heavy atom. The Balaban J connectivity index is 1.86. The van der Waals surface area contributed by atoms with Gasteiger partial charge in [-0.2, -0.15) is 0 Å². The van der Waals surface area contributed by atoms with Gasteiger partial charge < -0.3 is 20.3 Å². The molecule has 8 heteroatoms. The average molecular weight is 434 g/mol. The van der Waals surface area contributed by atoms with Crippen LogP contribution in [-0.4, -0.2) is 49.9 Å². The van der Waals surface area contributed by atoms with Crippen LogP contribution in [0.15, 0.2) is 53.0 Å². The topological polar surface area (TPSA) is 87.7 Å². The number of rotatable bonds is 7. The first-order valence-electron chi connectivity index (χ1n) is 8.12. The molecule has 2 aromatic carbocycles. The SMILES string of the molecule is CN(C)C(=O)COc1cccc(C(=O)NCC(=O)Nc2ccc(Br)cc2)c1. The summed E-state index contributed by atoms with van der Waals surface area (Å²) in [6.07, 6.45) is 0. The van der Waals surface area contributed by atoms with Crippen molar-refractivity contribution in [2.45, 2.75) is 0 Å². The van der Waals surface area contributed by atoms with Crippen LogP contribution in [0, 0.1) is 0 Å². The molecule has 2 N–H and O–H groups in total. The lowest BCUT2D eigenvalue weighted by Gasteiger charge is -2.12. The summed E-state index contributed by atoms with van der Waals surface area (Å²) in [5, 5.41) is 5.24. The molecule has 0 aliphatic heterocycles. The minimum Gasteiger partial charge on any atom is -0.484 e. The molecule has 0 saturated carbocycles. The summed E-state index contributed by atoms with van der Waals surface area (Å²) >= 11 is 3.32. The Morgan fingerprint density at radius 3 is 2.44 bits per heavy atom. The highest BCUT2D eigenvalue weighted by Crippen LogP contribution is 2.14. The maximum atomic E-state index is 12.2. The molecule has 0 unspecified atom stereocenters. The molecule has 0 spiro atoms. The smallest absolute Gasteiger partial charge is 0.259 e. The zero-order chi connectivity index (χ0) is 19.8. The number of ether oxygens (including phenoxy) is 1. The molecule has 7 nitrogen and oxygen atoms in total. The highest BCUT2D eigenvalue weighted by Gasteiger charge is 2.10. The van der Waals surface area contributed by atoms with E-state index in [-0.39, 0.29) is 25.0 Å². The third-order valence-electron chi connectivity index (χ3n) is 3.49. The summed E-state index contributed by atoms with van der Waals surface area (Å²) in [6.45, 7) is -0.285. The molecule has 0 bridgehead atoms. The van der Waals surface area contributed by atoms with Crippen LogP contribution < -0.4 is 15.4 Å². The van der Waals surface area contributed by atoms with Gasteiger partial charge in [-0.3, -0.25) is 14.4 Å². The van der Waals surface area contributed by atoms with E-state index < -0.39 is 5.91 Å². The molecule has 0 aliphatic rings. The number of hydrogen-bond acceptors (Lipinski definition) is 4. The number of amides is 3. The molecule has 142 valence electrons. The van der Waals surface area contributed by atoms with Crippen LogP contribution in [-0.2, 0) is 9.59 Å². The first-order chi connectivity index (χ1) is 12.8. The molecule has 0 aliphatic carbocycles. The summed E-state index contributed by atoms with van der Waals surface area (Å²) in [4.78, 5) is 37.1. The van der Waals surface area contributed by atoms with Crippen molar-refractivity contribution in [3.63, 3.8) is 0 Å². The largest absolute Gasteiger partial charge is 0.484 e. The molecular formula is C19H20BrN3O4. The zero-order valence-electron chi connectivity index (χ0n) is 15.0. The minimum atomic E-state index is -0.412. The number of nitrogens with zero attached hydrogens (tertiary/aromatic N) is 1. The van der Waals surface area contributed by atoms with Crippen LogP contribution in [0.1, 0.15) is 10.4 Å². The summed E-state index contributed by atoms with van der Waals surface area (Å²) in [6, 6.07) is 13.5. The molecule has 2 aromatic rings. The van der Waals surface area contributed by atoms with E-state index >= 15 is 0 Å². The fourth-order valence-corrected chi connectivity index (χ4v) is 2.27. The van der Waals surface area contributed by atoms with Crippen molar-refractivity contribution in [2.75, 3.05) is 32.6 Å². The van der Waals surface area contributed by atoms with Crippen LogP contribution in [0.25, 0.3) is 0 Å². The van der Waals surface area contributed by atoms with Gasteiger partial charge in [-0.1, -0.05) is 22.0 Å². The van der Waals surface area contributed by atoms with Gasteiger partial charge in [0.2, 0.25) is 5.91 Å². The number of carbonyl (C=O) groups excluding carboxylic acids is 3. The number of halogens is 1. The Kier molecular flexibility index (Phi) is 7.36. The van der Waals surface area contributed by atoms with E-state index in [0.29, 0.717) is 17.0 Å². The van der Waals surface area contributed by atoms with Gasteiger partial charge >= 0.3 is 0 Å². The summed E-state index contributed by atoms with van der Waals surface area (Å²) in [5.41, 5.74) is 0.972. The number of benzene rings is 2. The summed E-state index contributed by atoms with van der Waals surface area (Å²) < 4.78 is 6.29. The van der Waals surface area contributed by atoms with Crippen LogP contribution in [0.3, 0.4) is 0 Å². The number of likely N-dealkylation sites (N-methyl/N-ethyl adjacent to an activating group) is 1. The fraction of sp³-hybridized carbons (Fsp3) is 0.211. The minimum absolute atomic E-state index is 0.117. The molecule has 0 heterocycles. The van der Waals surface area contributed by atoms with Gasteiger partial charge in [-0.05, 0) is 42.5 Å². The van der Waals surface area contributed by atoms with Crippen molar-refractivity contribution in [1.82, 2.24) is 10.2 Å². The second kappa shape index (κ2) is 9.72. The van der Waals surface area contributed by atoms with Crippen molar-refractivity contribution >= 4 is 39.3 Å². The zero-order valence-corrected chi connectivity index (χ0v) is 16.6. The lowest BCUT2D eigenvalue weighted by atomic mass is 10.2. The third-order valence-corrected chi connectivity index (χ3v) is 4.02. The standard InChI is InChI=1S/C19H20BrN3O4/c1-23(2)18(25)12-27-16-5-3-4-13(10-16)19(26)21-11-17(24)22-15-8-6-14(20)7-9-15/h3-10H,11-12H2,1-2H3,(H,21,26)(H,22,24). The molecule has 3 amide bonds. The van der Waals surface area contributed by atoms with E-state index in [0.717, 1.165) is 4.47 Å². The van der Waals surface area contributed by atoms with Gasteiger partial charge in [0.05, 0.1) is 6.54 Å². The van der Waals surface area contributed by atoms with Crippen LogP contribution >= 0.6 is 15.9 Å². The second-order valence-electron chi connectivity index (χ2n) is 5.84. The molecule has 27 heavy (non-hydrogen) atoms. The Hall–Kier alpha value is -2.87. The van der Waals surface area contributed by atoms with Gasteiger partial charge in [-0.15, -0.1) is 0 Å². The normalized spacial score (nSPS) is 10.0. The number of carbonyl (C=O) groups is 3. The van der Waals surface area contributed by atoms with E-state index in [9.17, 15) is 14.4 Å². The Morgan fingerprint density at radius 1 is 1.07 bits per heavy atom. The first kappa shape index (κ1) is 20.4. The molecule has 0 radical (unpaired) electrons. The van der Waals surface area contributed by atoms with Gasteiger partial charge in [0, 0.05) is 29.8 Å². The van der Waals surface area contributed by atoms with Gasteiger partial charge in [-0.25, -0.2) is 0 Å². The van der Waals surface area contributed by atoms with Crippen LogP contribution in [0.4, 0.5) is 5.69 Å². The monoisotopic (exact) mass is 433 g/mol. The average Bonchev–Trinajstić information content (AvgIpc) is 2.66. The molecule has 2 rings (SSSR count). The van der Waals surface area contributed by atoms with Crippen molar-refractivity contribution in [3.05, 3.63) is 58.6 Å². The lowest BCUT2D eigenvalue weighted by Crippen LogP contribution is -2.32. The highest BCUT2D eigenvalue weighted by atomic mass is 79.9. The number of anilines is 1. The van der Waals surface area contributed by atoms with Crippen LogP contribution in [0.2, 0.25) is 0 Å². The van der Waals surface area contributed by atoms with Gasteiger partial charge in [0.1, 0.15) is 5.75 Å². The Labute approximate surface area is 165 Å². The second-order valence-corrected chi connectivity index (χ2v) is 6.76. The summed E-state index contributed by atoms with van der Waals surface area (Å²) in [7, 11) is 3.27. The van der Waals surface area contributed by atoms with Crippen molar-refractivity contribution in [1.29, 1.82) is 0 Å². The van der Waals surface area contributed by atoms with E-state index in [4.69, 9.17) is 4.74 Å². The van der Waals surface area contributed by atoms with E-state index in [1.165, 1.54) is 11.0 Å². The lowest BCUT2D eigenvalue weighted by molar-refractivity contribution is -0.130. The molecule has 0 atom stereocenters. The van der Waals surface area contributed by atoms with Gasteiger partial charge in [0.15, 0.2) is 6.61 Å². The number of hydrogen-bond donors (Lipinski definition) is 2. The summed E-state index contributed by atoms with van der Waals surface area (Å²) in [5.74, 6) is -0.536. The highest BCUT2D eigenvalue weighted by molar-refractivity contribution is 9.10. The van der Waals surface area contributed by atoms with E-state index in [1.54, 1.807) is 56.6 Å². The van der Waals surface area contributed by atoms with E-state index in [1.807, 2.05) is 0 Å². The Bertz CT molecular complexity index is 822. The van der Waals surface area contributed by atoms with Crippen molar-refractivity contribution in [3.8, 4) is 5.75 Å². The number of nitrogens with one attached hydrogen (secondary N) is 2. The molecule has 0 fully saturated rings. The maximum Gasteiger partial charge on any atom is 0.259 e. The van der Waals surface area contributed by atoms with Crippen LogP contribution in [0.5, 0.6) is 5.75 Å². The fourth-order valence-electron chi connectivity index (χ4n) is 2.00. The molecule has 0 saturated heterocycles. The third kappa shape index (κ3) is 6.74. The maximum absolute atomic E-state index is 12.2. The van der Waals surface area contributed by atoms with E-state index in [2.05, 4.69) is 26.6 Å². The van der Waals surface area contributed by atoms with Gasteiger partial charge in [0.25, 0.3) is 11.8 Å². The first-order valence-corrected chi connectivity index (χ1v) is 8.91. The molecule has 0 aromatic heterocycles. The predicted octanol–water partition coefficient (Wildman–Crippen LogP) is 2.28.